The van der Waals surface area contributed by atoms with Crippen LogP contribution in [0.5, 0.6) is 0 Å². The molecular weight excluding hydrogens is 474 g/mol. The second kappa shape index (κ2) is 13.3. The molecule has 0 saturated carbocycles. The molecule has 1 heterocycles. The molecule has 0 bridgehead atoms. The number of morpholine rings is 1. The van der Waals surface area contributed by atoms with Crippen molar-refractivity contribution in [2.24, 2.45) is 10.9 Å². The van der Waals surface area contributed by atoms with Gasteiger partial charge in [-0.25, -0.2) is 4.39 Å². The van der Waals surface area contributed by atoms with Crippen LogP contribution < -0.4 is 10.6 Å². The fourth-order valence-corrected chi connectivity index (χ4v) is 3.16. The number of hydrogen-bond acceptors (Lipinski definition) is 4. The van der Waals surface area contributed by atoms with Gasteiger partial charge in [0.15, 0.2) is 5.96 Å². The standard InChI is InChI=1S/C20H33FN4O2.HI/c1-4-22-20(24-12-19(26)17-7-5-6-8-18(17)21)23-11-16-14-25(9-10-27-16)13-15(2)3;/h5-8,15-16,19,26H,4,9-14H2,1-3H3,(H2,22,23,24);1H. The minimum atomic E-state index is -0.978. The van der Waals surface area contributed by atoms with Crippen LogP contribution in [0.4, 0.5) is 4.39 Å². The Bertz CT molecular complexity index is 603. The predicted octanol–water partition coefficient (Wildman–Crippen LogP) is 2.39. The van der Waals surface area contributed by atoms with Crippen molar-refractivity contribution in [3.05, 3.63) is 35.6 Å². The SMILES string of the molecule is CCNC(=NCC(O)c1ccccc1F)NCC1CN(CC(C)C)CCO1.I. The predicted molar refractivity (Wildman–Crippen MR) is 122 cm³/mol. The zero-order valence-electron chi connectivity index (χ0n) is 17.0. The lowest BCUT2D eigenvalue weighted by molar-refractivity contribution is -0.0284. The molecule has 1 aromatic carbocycles. The van der Waals surface area contributed by atoms with Gasteiger partial charge < -0.3 is 20.5 Å². The summed E-state index contributed by atoms with van der Waals surface area (Å²) < 4.78 is 19.6. The summed E-state index contributed by atoms with van der Waals surface area (Å²) in [6, 6.07) is 6.23. The summed E-state index contributed by atoms with van der Waals surface area (Å²) in [6.07, 6.45) is -0.882. The highest BCUT2D eigenvalue weighted by Crippen LogP contribution is 2.16. The molecule has 0 aliphatic carbocycles. The van der Waals surface area contributed by atoms with Gasteiger partial charge >= 0.3 is 0 Å². The van der Waals surface area contributed by atoms with Gasteiger partial charge in [0.05, 0.1) is 19.3 Å². The highest BCUT2D eigenvalue weighted by molar-refractivity contribution is 14.0. The Labute approximate surface area is 185 Å². The maximum atomic E-state index is 13.8. The molecule has 1 fully saturated rings. The van der Waals surface area contributed by atoms with Gasteiger partial charge in [0.2, 0.25) is 0 Å². The maximum Gasteiger partial charge on any atom is 0.191 e. The van der Waals surface area contributed by atoms with Gasteiger partial charge in [-0.15, -0.1) is 24.0 Å². The molecule has 2 unspecified atom stereocenters. The van der Waals surface area contributed by atoms with Gasteiger partial charge in [-0.05, 0) is 18.9 Å². The number of benzene rings is 1. The molecular formula is C20H34FIN4O2. The highest BCUT2D eigenvalue weighted by atomic mass is 127. The molecule has 1 aromatic rings. The third-order valence-corrected chi connectivity index (χ3v) is 4.37. The summed E-state index contributed by atoms with van der Waals surface area (Å²) in [7, 11) is 0. The number of aliphatic hydroxyl groups excluding tert-OH is 1. The number of ether oxygens (including phenoxy) is 1. The summed E-state index contributed by atoms with van der Waals surface area (Å²) in [5.74, 6) is 0.812. The van der Waals surface area contributed by atoms with Crippen LogP contribution in [0.15, 0.2) is 29.3 Å². The Morgan fingerprint density at radius 2 is 2.11 bits per heavy atom. The van der Waals surface area contributed by atoms with Crippen LogP contribution in [0.3, 0.4) is 0 Å². The van der Waals surface area contributed by atoms with E-state index in [0.717, 1.165) is 26.2 Å². The Morgan fingerprint density at radius 3 is 2.79 bits per heavy atom. The van der Waals surface area contributed by atoms with Crippen molar-refractivity contribution in [2.75, 3.05) is 45.9 Å². The van der Waals surface area contributed by atoms with E-state index in [9.17, 15) is 9.50 Å². The van der Waals surface area contributed by atoms with Crippen LogP contribution >= 0.6 is 24.0 Å². The molecule has 0 radical (unpaired) electrons. The van der Waals surface area contributed by atoms with E-state index in [-0.39, 0.29) is 42.2 Å². The van der Waals surface area contributed by atoms with E-state index in [1.54, 1.807) is 18.2 Å². The lowest BCUT2D eigenvalue weighted by atomic mass is 10.1. The van der Waals surface area contributed by atoms with Gasteiger partial charge in [0.1, 0.15) is 11.9 Å². The molecule has 6 nitrogen and oxygen atoms in total. The van der Waals surface area contributed by atoms with E-state index in [1.807, 2.05) is 6.92 Å². The summed E-state index contributed by atoms with van der Waals surface area (Å²) >= 11 is 0. The number of aliphatic hydroxyl groups is 1. The zero-order valence-corrected chi connectivity index (χ0v) is 19.4. The topological polar surface area (TPSA) is 69.1 Å². The number of nitrogens with one attached hydrogen (secondary N) is 2. The van der Waals surface area contributed by atoms with Crippen molar-refractivity contribution >= 4 is 29.9 Å². The molecule has 8 heteroatoms. The first-order chi connectivity index (χ1) is 13.0. The van der Waals surface area contributed by atoms with E-state index in [0.29, 0.717) is 25.0 Å². The lowest BCUT2D eigenvalue weighted by Crippen LogP contribution is -2.50. The first-order valence-corrected chi connectivity index (χ1v) is 9.78. The van der Waals surface area contributed by atoms with E-state index in [2.05, 4.69) is 34.4 Å². The lowest BCUT2D eigenvalue weighted by Gasteiger charge is -2.34. The van der Waals surface area contributed by atoms with E-state index >= 15 is 0 Å². The second-order valence-electron chi connectivity index (χ2n) is 7.28. The fraction of sp³-hybridized carbons (Fsp3) is 0.650. The van der Waals surface area contributed by atoms with Gasteiger partial charge in [-0.1, -0.05) is 32.0 Å². The monoisotopic (exact) mass is 508 g/mol. The van der Waals surface area contributed by atoms with Crippen molar-refractivity contribution in [1.29, 1.82) is 0 Å². The molecule has 1 saturated heterocycles. The number of rotatable bonds is 8. The van der Waals surface area contributed by atoms with Crippen LogP contribution in [0, 0.1) is 11.7 Å². The second-order valence-corrected chi connectivity index (χ2v) is 7.28. The Kier molecular flexibility index (Phi) is 11.9. The first kappa shape index (κ1) is 25.1. The number of halogens is 2. The molecule has 28 heavy (non-hydrogen) atoms. The average Bonchev–Trinajstić information content (AvgIpc) is 2.64. The molecule has 0 aromatic heterocycles. The van der Waals surface area contributed by atoms with E-state index in [1.165, 1.54) is 6.07 Å². The molecule has 1 aliphatic heterocycles. The number of guanidine groups is 1. The largest absolute Gasteiger partial charge is 0.386 e. The Hall–Kier alpha value is -0.970. The van der Waals surface area contributed by atoms with Crippen LogP contribution in [-0.4, -0.2) is 67.9 Å². The molecule has 0 spiro atoms. The number of hydrogen-bond donors (Lipinski definition) is 3. The number of aliphatic imine (C=N–C) groups is 1. The van der Waals surface area contributed by atoms with Crippen molar-refractivity contribution in [3.63, 3.8) is 0 Å². The van der Waals surface area contributed by atoms with Crippen LogP contribution in [0.25, 0.3) is 0 Å². The molecule has 3 N–H and O–H groups in total. The van der Waals surface area contributed by atoms with Crippen LogP contribution in [0.2, 0.25) is 0 Å². The molecule has 160 valence electrons. The smallest absolute Gasteiger partial charge is 0.191 e. The van der Waals surface area contributed by atoms with E-state index < -0.39 is 11.9 Å². The number of nitrogens with zero attached hydrogens (tertiary/aromatic N) is 2. The Morgan fingerprint density at radius 1 is 1.36 bits per heavy atom. The molecule has 2 rings (SSSR count). The normalized spacial score (nSPS) is 19.2. The summed E-state index contributed by atoms with van der Waals surface area (Å²) in [5, 5.41) is 16.6. The van der Waals surface area contributed by atoms with Crippen molar-refractivity contribution < 1.29 is 14.2 Å². The molecule has 0 amide bonds. The van der Waals surface area contributed by atoms with Crippen molar-refractivity contribution in [2.45, 2.75) is 33.0 Å². The average molecular weight is 508 g/mol. The van der Waals surface area contributed by atoms with E-state index in [4.69, 9.17) is 4.74 Å². The minimum Gasteiger partial charge on any atom is -0.386 e. The van der Waals surface area contributed by atoms with Gasteiger partial charge in [-0.3, -0.25) is 9.89 Å². The molecule has 1 aliphatic rings. The summed E-state index contributed by atoms with van der Waals surface area (Å²) in [4.78, 5) is 6.81. The van der Waals surface area contributed by atoms with Crippen LogP contribution in [0.1, 0.15) is 32.4 Å². The first-order valence-electron chi connectivity index (χ1n) is 9.78. The third kappa shape index (κ3) is 8.59. The highest BCUT2D eigenvalue weighted by Gasteiger charge is 2.21. The van der Waals surface area contributed by atoms with Crippen molar-refractivity contribution in [3.8, 4) is 0 Å². The quantitative estimate of drug-likeness (QED) is 0.286. The van der Waals surface area contributed by atoms with Crippen molar-refractivity contribution in [1.82, 2.24) is 15.5 Å². The van der Waals surface area contributed by atoms with Gasteiger partial charge in [0, 0.05) is 38.3 Å². The zero-order chi connectivity index (χ0) is 19.6. The van der Waals surface area contributed by atoms with Gasteiger partial charge in [-0.2, -0.15) is 0 Å². The fourth-order valence-electron chi connectivity index (χ4n) is 3.16. The molecule has 2 atom stereocenters. The Balaban J connectivity index is 0.00000392. The maximum absolute atomic E-state index is 13.8. The summed E-state index contributed by atoms with van der Waals surface area (Å²) in [6.45, 7) is 11.5. The summed E-state index contributed by atoms with van der Waals surface area (Å²) in [5.41, 5.74) is 0.261. The minimum absolute atomic E-state index is 0. The van der Waals surface area contributed by atoms with Crippen LogP contribution in [-0.2, 0) is 4.74 Å². The van der Waals surface area contributed by atoms with Gasteiger partial charge in [0.25, 0.3) is 0 Å². The third-order valence-electron chi connectivity index (χ3n) is 4.37.